The minimum absolute atomic E-state index is 0.107. The number of halogens is 2. The van der Waals surface area contributed by atoms with Crippen LogP contribution in [0.2, 0.25) is 0 Å². The monoisotopic (exact) mass is 360 g/mol. The van der Waals surface area contributed by atoms with Gasteiger partial charge in [0, 0.05) is 12.7 Å². The van der Waals surface area contributed by atoms with Crippen molar-refractivity contribution in [2.24, 2.45) is 5.92 Å². The molecule has 3 saturated heterocycles. The Morgan fingerprint density at radius 2 is 1.57 bits per heavy atom. The largest absolute Gasteiger partial charge is 0.748 e. The lowest BCUT2D eigenvalue weighted by Gasteiger charge is -2.50. The highest BCUT2D eigenvalue weighted by molar-refractivity contribution is 7.84. The Kier molecular flexibility index (Phi) is 6.78. The van der Waals surface area contributed by atoms with E-state index in [4.69, 9.17) is 36.5 Å². The first-order chi connectivity index (χ1) is 9.44. The van der Waals surface area contributed by atoms with Gasteiger partial charge in [-0.3, -0.25) is 0 Å². The quantitative estimate of drug-likeness (QED) is 0.439. The molecule has 0 saturated carbocycles. The van der Waals surface area contributed by atoms with Crippen LogP contribution in [-0.4, -0.2) is 59.4 Å². The van der Waals surface area contributed by atoms with Crippen molar-refractivity contribution in [2.45, 2.75) is 45.1 Å². The maximum Gasteiger partial charge on any atom is 0.0916 e. The van der Waals surface area contributed by atoms with E-state index in [1.807, 2.05) is 0 Å². The van der Waals surface area contributed by atoms with Crippen LogP contribution in [0, 0.1) is 5.92 Å². The van der Waals surface area contributed by atoms with E-state index in [0.29, 0.717) is 6.26 Å². The number of fused-ring (bicyclic) bond motifs is 3. The summed E-state index contributed by atoms with van der Waals surface area (Å²) in [4.78, 5) is 0. The molecule has 0 radical (unpaired) electrons. The normalized spacial score (nSPS) is 29.2. The molecule has 0 amide bonds. The lowest BCUT2D eigenvalue weighted by Crippen LogP contribution is -2.59. The molecule has 0 aliphatic carbocycles. The first kappa shape index (κ1) is 19.5. The average molecular weight is 361 g/mol. The van der Waals surface area contributed by atoms with Gasteiger partial charge in [0.2, 0.25) is 0 Å². The third kappa shape index (κ3) is 7.01. The van der Waals surface area contributed by atoms with Crippen molar-refractivity contribution in [1.82, 2.24) is 3.94 Å². The molecule has 0 aromatic heterocycles. The lowest BCUT2D eigenvalue weighted by molar-refractivity contribution is -0.943. The zero-order valence-electron chi connectivity index (χ0n) is 13.0. The summed E-state index contributed by atoms with van der Waals surface area (Å²) in [7, 11) is -3.92. The summed E-state index contributed by atoms with van der Waals surface area (Å²) < 4.78 is 29.9. The number of rotatable bonds is 4. The van der Waals surface area contributed by atoms with Crippen LogP contribution in [0.1, 0.15) is 39.5 Å². The van der Waals surface area contributed by atoms with E-state index in [2.05, 4.69) is 13.8 Å². The number of hydrogen-bond donors (Lipinski definition) is 0. The van der Waals surface area contributed by atoms with Crippen LogP contribution in [0.15, 0.2) is 0 Å². The predicted octanol–water partition coefficient (Wildman–Crippen LogP) is 2.56. The van der Waals surface area contributed by atoms with Crippen molar-refractivity contribution in [1.29, 1.82) is 0 Å². The van der Waals surface area contributed by atoms with Crippen LogP contribution in [0.5, 0.6) is 0 Å². The topological polar surface area (TPSA) is 60.4 Å². The van der Waals surface area contributed by atoms with E-state index in [-0.39, 0.29) is 5.54 Å². The second-order valence-corrected chi connectivity index (χ2v) is 9.23. The molecule has 8 heteroatoms. The standard InChI is InChI=1S/C12H23Cl2N2.CH4O3S/c1-12(2,15(13)14)6-10-16-7-3-11(4-8-16)5-9-16;1-5(2,3)4/h11H,3-10H2,1-2H3;1H3,(H,2,3,4)/q+1;/p-1. The van der Waals surface area contributed by atoms with Gasteiger partial charge in [-0.25, -0.2) is 8.42 Å². The van der Waals surface area contributed by atoms with Crippen molar-refractivity contribution in [3.05, 3.63) is 0 Å². The van der Waals surface area contributed by atoms with E-state index in [1.54, 1.807) is 0 Å². The van der Waals surface area contributed by atoms with E-state index in [0.717, 1.165) is 12.3 Å². The molecule has 3 rings (SSSR count). The summed E-state index contributed by atoms with van der Waals surface area (Å²) in [5, 5.41) is 0. The number of hydrogen-bond acceptors (Lipinski definition) is 4. The molecule has 3 aliphatic heterocycles. The minimum Gasteiger partial charge on any atom is -0.748 e. The van der Waals surface area contributed by atoms with Gasteiger partial charge in [0.25, 0.3) is 0 Å². The second kappa shape index (κ2) is 7.32. The highest BCUT2D eigenvalue weighted by Gasteiger charge is 2.40. The third-order valence-electron chi connectivity index (χ3n) is 4.69. The van der Waals surface area contributed by atoms with Gasteiger partial charge < -0.3 is 9.04 Å². The maximum absolute atomic E-state index is 9.08. The molecule has 5 nitrogen and oxygen atoms in total. The Morgan fingerprint density at radius 3 is 1.90 bits per heavy atom. The Hall–Kier alpha value is 0.410. The fourth-order valence-corrected chi connectivity index (χ4v) is 3.24. The maximum atomic E-state index is 9.08. The summed E-state index contributed by atoms with van der Waals surface area (Å²) in [6, 6.07) is 0. The SMILES string of the molecule is CC(C)(CC[N+]12CCC(CC1)CC2)N(Cl)Cl.CS(=O)(=O)[O-]. The third-order valence-corrected chi connectivity index (χ3v) is 5.61. The van der Waals surface area contributed by atoms with Gasteiger partial charge in [-0.15, -0.1) is 3.94 Å². The van der Waals surface area contributed by atoms with E-state index in [9.17, 15) is 0 Å². The summed E-state index contributed by atoms with van der Waals surface area (Å²) >= 11 is 11.8. The highest BCUT2D eigenvalue weighted by atomic mass is 35.5. The van der Waals surface area contributed by atoms with Crippen molar-refractivity contribution in [2.75, 3.05) is 32.4 Å². The average Bonchev–Trinajstić information content (AvgIpc) is 2.37. The Balaban J connectivity index is 0.000000383. The van der Waals surface area contributed by atoms with E-state index in [1.165, 1.54) is 53.9 Å². The smallest absolute Gasteiger partial charge is 0.0916 e. The van der Waals surface area contributed by atoms with Crippen LogP contribution in [0.3, 0.4) is 0 Å². The molecular weight excluding hydrogens is 335 g/mol. The zero-order valence-corrected chi connectivity index (χ0v) is 15.3. The zero-order chi connectivity index (χ0) is 16.3. The van der Waals surface area contributed by atoms with Gasteiger partial charge in [-0.05, 0) is 62.6 Å². The van der Waals surface area contributed by atoms with Crippen molar-refractivity contribution in [3.8, 4) is 0 Å². The fourth-order valence-electron chi connectivity index (χ4n) is 3.07. The number of quaternary nitrogens is 1. The molecule has 3 aliphatic rings. The van der Waals surface area contributed by atoms with Crippen molar-refractivity contribution >= 4 is 33.7 Å². The van der Waals surface area contributed by atoms with E-state index >= 15 is 0 Å². The van der Waals surface area contributed by atoms with Crippen molar-refractivity contribution < 1.29 is 17.5 Å². The highest BCUT2D eigenvalue weighted by Crippen LogP contribution is 2.35. The molecular formula is C13H26Cl2N2O3S. The minimum atomic E-state index is -3.92. The van der Waals surface area contributed by atoms with Gasteiger partial charge >= 0.3 is 0 Å². The molecule has 2 bridgehead atoms. The first-order valence-corrected chi connectivity index (χ1v) is 9.81. The van der Waals surface area contributed by atoms with Gasteiger partial charge in [0.1, 0.15) is 0 Å². The number of nitrogens with zero attached hydrogens (tertiary/aromatic N) is 2. The van der Waals surface area contributed by atoms with Crippen molar-refractivity contribution in [3.63, 3.8) is 0 Å². The lowest BCUT2D eigenvalue weighted by atomic mass is 9.85. The second-order valence-electron chi connectivity index (χ2n) is 6.97. The predicted molar refractivity (Wildman–Crippen MR) is 84.9 cm³/mol. The molecule has 3 fully saturated rings. The molecule has 126 valence electrons. The van der Waals surface area contributed by atoms with Gasteiger partial charge in [0.05, 0.1) is 41.8 Å². The molecule has 0 aromatic rings. The Bertz CT molecular complexity index is 411. The van der Waals surface area contributed by atoms with Crippen LogP contribution >= 0.6 is 23.6 Å². The van der Waals surface area contributed by atoms with Gasteiger partial charge in [-0.2, -0.15) is 0 Å². The fraction of sp³-hybridized carbons (Fsp3) is 1.00. The van der Waals surface area contributed by atoms with Crippen LogP contribution in [0.4, 0.5) is 0 Å². The molecule has 0 spiro atoms. The number of piperidine rings is 3. The first-order valence-electron chi connectivity index (χ1n) is 7.31. The Morgan fingerprint density at radius 1 is 1.19 bits per heavy atom. The van der Waals surface area contributed by atoms with E-state index < -0.39 is 10.1 Å². The summed E-state index contributed by atoms with van der Waals surface area (Å²) in [5.74, 6) is 1.03. The molecule has 21 heavy (non-hydrogen) atoms. The van der Waals surface area contributed by atoms with Crippen LogP contribution in [0.25, 0.3) is 0 Å². The van der Waals surface area contributed by atoms with Crippen LogP contribution < -0.4 is 0 Å². The Labute approximate surface area is 138 Å². The molecule has 0 atom stereocenters. The summed E-state index contributed by atoms with van der Waals surface area (Å²) in [5.41, 5.74) is -0.107. The van der Waals surface area contributed by atoms with Gasteiger partial charge in [-0.1, -0.05) is 0 Å². The molecule has 0 N–H and O–H groups in total. The summed E-state index contributed by atoms with van der Waals surface area (Å²) in [6.45, 7) is 9.60. The summed E-state index contributed by atoms with van der Waals surface area (Å²) in [6.07, 6.45) is 5.99. The molecule has 0 aromatic carbocycles. The molecule has 0 unspecified atom stereocenters. The van der Waals surface area contributed by atoms with Crippen LogP contribution in [-0.2, 0) is 10.1 Å². The van der Waals surface area contributed by atoms with Gasteiger partial charge in [0.15, 0.2) is 0 Å². The molecule has 3 heterocycles.